The van der Waals surface area contributed by atoms with E-state index in [2.05, 4.69) is 41.0 Å². The van der Waals surface area contributed by atoms with Gasteiger partial charge in [-0.1, -0.05) is 23.4 Å². The van der Waals surface area contributed by atoms with E-state index in [1.54, 1.807) is 23.0 Å². The molecule has 6 rings (SSSR count). The molecule has 2 aromatic carbocycles. The van der Waals surface area contributed by atoms with Gasteiger partial charge in [-0.3, -0.25) is 19.4 Å². The Bertz CT molecular complexity index is 1620. The monoisotopic (exact) mass is 569 g/mol. The molecule has 1 aliphatic rings. The predicted molar refractivity (Wildman–Crippen MR) is 159 cm³/mol. The van der Waals surface area contributed by atoms with Gasteiger partial charge in [-0.25, -0.2) is 4.68 Å². The maximum absolute atomic E-state index is 12.8. The first kappa shape index (κ1) is 28.7. The Balaban J connectivity index is 0.000000451. The summed E-state index contributed by atoms with van der Waals surface area (Å²) in [4.78, 5) is 22.4. The van der Waals surface area contributed by atoms with E-state index in [-0.39, 0.29) is 11.5 Å². The lowest BCUT2D eigenvalue weighted by atomic mass is 10.1. The highest BCUT2D eigenvalue weighted by Gasteiger charge is 2.16. The first-order chi connectivity index (χ1) is 20.3. The Labute approximate surface area is 243 Å². The number of aromatic nitrogens is 7. The van der Waals surface area contributed by atoms with Crippen molar-refractivity contribution in [2.45, 2.75) is 51.7 Å². The normalized spacial score (nSPS) is 15.4. The van der Waals surface area contributed by atoms with Gasteiger partial charge in [0.2, 0.25) is 0 Å². The molecule has 1 saturated heterocycles. The molecular formula is C30H35N9O3. The van der Waals surface area contributed by atoms with Gasteiger partial charge in [0.05, 0.1) is 35.3 Å². The lowest BCUT2D eigenvalue weighted by molar-refractivity contribution is -0.138. The summed E-state index contributed by atoms with van der Waals surface area (Å²) < 4.78 is 8.19. The van der Waals surface area contributed by atoms with Crippen molar-refractivity contribution >= 4 is 29.0 Å². The summed E-state index contributed by atoms with van der Waals surface area (Å²) in [7, 11) is 0. The molecule has 1 amide bonds. The summed E-state index contributed by atoms with van der Waals surface area (Å²) >= 11 is 0. The molecule has 3 N–H and O–H groups in total. The Morgan fingerprint density at radius 1 is 1.07 bits per heavy atom. The number of ether oxygens (including phenoxy) is 1. The Hall–Kier alpha value is -4.84. The van der Waals surface area contributed by atoms with Crippen LogP contribution in [0.4, 0.5) is 5.69 Å². The maximum atomic E-state index is 12.8. The number of rotatable bonds is 6. The van der Waals surface area contributed by atoms with Crippen LogP contribution in [0.15, 0.2) is 67.1 Å². The van der Waals surface area contributed by atoms with E-state index in [9.17, 15) is 9.59 Å². The average Bonchev–Trinajstić information content (AvgIpc) is 3.69. The number of para-hydroxylation sites is 1. The number of nitrogens with zero attached hydrogens (tertiary/aromatic N) is 6. The van der Waals surface area contributed by atoms with Crippen LogP contribution in [0.1, 0.15) is 56.4 Å². The third-order valence-corrected chi connectivity index (χ3v) is 6.78. The van der Waals surface area contributed by atoms with Gasteiger partial charge in [-0.2, -0.15) is 10.2 Å². The number of carbonyl (C=O) groups excluding carboxylic acids is 2. The highest BCUT2D eigenvalue weighted by atomic mass is 16.5. The Morgan fingerprint density at radius 3 is 2.64 bits per heavy atom. The number of fused-ring (bicyclic) bond motifs is 1. The number of hydrogen-bond acceptors (Lipinski definition) is 8. The van der Waals surface area contributed by atoms with Gasteiger partial charge in [0, 0.05) is 17.1 Å². The molecule has 4 heterocycles. The van der Waals surface area contributed by atoms with Gasteiger partial charge in [0.25, 0.3) is 12.4 Å². The zero-order valence-corrected chi connectivity index (χ0v) is 23.9. The number of anilines is 1. The van der Waals surface area contributed by atoms with Crippen LogP contribution in [-0.4, -0.2) is 66.0 Å². The van der Waals surface area contributed by atoms with E-state index >= 15 is 0 Å². The number of amides is 1. The summed E-state index contributed by atoms with van der Waals surface area (Å²) in [6.45, 7) is 7.96. The molecule has 0 saturated carbocycles. The van der Waals surface area contributed by atoms with E-state index in [0.717, 1.165) is 54.6 Å². The number of nitrogens with one attached hydrogen (secondary N) is 3. The van der Waals surface area contributed by atoms with Crippen molar-refractivity contribution in [3.05, 3.63) is 72.7 Å². The van der Waals surface area contributed by atoms with Crippen LogP contribution in [-0.2, 0) is 9.53 Å². The fourth-order valence-electron chi connectivity index (χ4n) is 4.64. The summed E-state index contributed by atoms with van der Waals surface area (Å²) in [6.07, 6.45) is 8.71. The van der Waals surface area contributed by atoms with E-state index in [4.69, 9.17) is 0 Å². The Morgan fingerprint density at radius 2 is 1.88 bits per heavy atom. The molecule has 42 heavy (non-hydrogen) atoms. The zero-order valence-electron chi connectivity index (χ0n) is 23.9. The molecule has 1 fully saturated rings. The molecule has 3 aromatic heterocycles. The van der Waals surface area contributed by atoms with E-state index in [1.165, 1.54) is 0 Å². The molecule has 218 valence electrons. The van der Waals surface area contributed by atoms with Gasteiger partial charge in [0.1, 0.15) is 17.0 Å². The van der Waals surface area contributed by atoms with Crippen LogP contribution in [0.3, 0.4) is 0 Å². The highest BCUT2D eigenvalue weighted by Crippen LogP contribution is 2.25. The van der Waals surface area contributed by atoms with Gasteiger partial charge in [-0.05, 0) is 83.5 Å². The molecule has 5 aromatic rings. The lowest BCUT2D eigenvalue weighted by Crippen LogP contribution is -2.17. The number of H-pyrrole nitrogens is 1. The van der Waals surface area contributed by atoms with Gasteiger partial charge in [-0.15, -0.1) is 5.10 Å². The summed E-state index contributed by atoms with van der Waals surface area (Å²) in [5.74, 6) is -0.180. The number of aromatic amines is 1. The molecule has 1 aliphatic heterocycles. The predicted octanol–water partition coefficient (Wildman–Crippen LogP) is 4.53. The van der Waals surface area contributed by atoms with Crippen LogP contribution >= 0.6 is 0 Å². The van der Waals surface area contributed by atoms with Crippen molar-refractivity contribution in [3.8, 4) is 17.1 Å². The SMILES string of the molecule is CC(C)(C)OC=O.O=C(Nc1cnn(C2CCCNCC2)c1)c1ccc(-n2cc(-c3n[nH]c4ccccc34)nn2)cc1. The second kappa shape index (κ2) is 12.8. The first-order valence-corrected chi connectivity index (χ1v) is 13.9. The molecule has 12 nitrogen and oxygen atoms in total. The van der Waals surface area contributed by atoms with E-state index in [0.29, 0.717) is 29.5 Å². The third-order valence-electron chi connectivity index (χ3n) is 6.78. The van der Waals surface area contributed by atoms with Crippen molar-refractivity contribution in [1.29, 1.82) is 0 Å². The molecule has 1 unspecified atom stereocenters. The number of benzene rings is 2. The smallest absolute Gasteiger partial charge is 0.293 e. The van der Waals surface area contributed by atoms with E-state index < -0.39 is 0 Å². The molecule has 12 heteroatoms. The molecule has 1 atom stereocenters. The zero-order chi connectivity index (χ0) is 29.5. The minimum absolute atomic E-state index is 0.180. The summed E-state index contributed by atoms with van der Waals surface area (Å²) in [6, 6.07) is 15.5. The quantitative estimate of drug-likeness (QED) is 0.253. The van der Waals surface area contributed by atoms with Crippen LogP contribution in [0, 0.1) is 0 Å². The largest absolute Gasteiger partial charge is 0.462 e. The topological polar surface area (TPSA) is 145 Å². The standard InChI is InChI=1S/C25H25N9O.C5H10O2/c35-25(28-18-14-27-33(15-18)19-4-3-12-26-13-11-19)17-7-9-20(10-8-17)34-16-23(30-32-34)24-21-5-1-2-6-22(21)29-31-24;1-5(2,3)7-4-6/h1-2,5-10,14-16,19,26H,3-4,11-13H2,(H,28,35)(H,29,31);4H,1-3H3. The maximum Gasteiger partial charge on any atom is 0.293 e. The lowest BCUT2D eigenvalue weighted by Gasteiger charge is -2.14. The molecular weight excluding hydrogens is 534 g/mol. The second-order valence-electron chi connectivity index (χ2n) is 11.0. The third kappa shape index (κ3) is 7.07. The van der Waals surface area contributed by atoms with Crippen molar-refractivity contribution in [2.24, 2.45) is 0 Å². The Kier molecular flexibility index (Phi) is 8.72. The average molecular weight is 570 g/mol. The summed E-state index contributed by atoms with van der Waals surface area (Å²) in [5, 5.41) is 27.8. The van der Waals surface area contributed by atoms with Crippen LogP contribution < -0.4 is 10.6 Å². The van der Waals surface area contributed by atoms with Crippen LogP contribution in [0.2, 0.25) is 0 Å². The molecule has 0 spiro atoms. The van der Waals surface area contributed by atoms with Gasteiger partial charge in [0.15, 0.2) is 0 Å². The summed E-state index contributed by atoms with van der Waals surface area (Å²) in [5.41, 5.74) is 4.11. The minimum Gasteiger partial charge on any atom is -0.462 e. The molecule has 0 radical (unpaired) electrons. The van der Waals surface area contributed by atoms with Gasteiger partial charge < -0.3 is 15.4 Å². The number of hydrogen-bond donors (Lipinski definition) is 3. The van der Waals surface area contributed by atoms with Crippen molar-refractivity contribution in [2.75, 3.05) is 18.4 Å². The fraction of sp³-hybridized carbons (Fsp3) is 0.333. The van der Waals surface area contributed by atoms with Crippen molar-refractivity contribution in [3.63, 3.8) is 0 Å². The highest BCUT2D eigenvalue weighted by molar-refractivity contribution is 6.04. The molecule has 0 bridgehead atoms. The minimum atomic E-state index is -0.318. The first-order valence-electron chi connectivity index (χ1n) is 13.9. The van der Waals surface area contributed by atoms with Crippen LogP contribution in [0.5, 0.6) is 0 Å². The fourth-order valence-corrected chi connectivity index (χ4v) is 4.64. The van der Waals surface area contributed by atoms with Crippen molar-refractivity contribution in [1.82, 2.24) is 40.3 Å². The second-order valence-corrected chi connectivity index (χ2v) is 11.0. The molecule has 0 aliphatic carbocycles. The number of carbonyl (C=O) groups is 2. The van der Waals surface area contributed by atoms with Gasteiger partial charge >= 0.3 is 0 Å². The van der Waals surface area contributed by atoms with Crippen LogP contribution in [0.25, 0.3) is 28.0 Å². The van der Waals surface area contributed by atoms with E-state index in [1.807, 2.05) is 74.2 Å². The van der Waals surface area contributed by atoms with Crippen molar-refractivity contribution < 1.29 is 14.3 Å².